The number of carboxylic acid groups (broad SMARTS) is 2. The molecule has 0 saturated heterocycles. The molecule has 0 unspecified atom stereocenters. The molecule has 1 rings (SSSR count). The number of carbonyl (C=O) groups is 3. The Hall–Kier alpha value is -2.87. The number of aromatic hydroxyl groups is 1. The molecule has 112 valence electrons. The number of esters is 1. The van der Waals surface area contributed by atoms with E-state index in [0.29, 0.717) is 5.56 Å². The number of carbonyl (C=O) groups excluding carboxylic acids is 1. The van der Waals surface area contributed by atoms with Gasteiger partial charge < -0.3 is 25.2 Å². The summed E-state index contributed by atoms with van der Waals surface area (Å²) in [5.74, 6) is -4.70. The monoisotopic (exact) mass is 296 g/mol. The first-order chi connectivity index (χ1) is 9.81. The Bertz CT molecular complexity index is 560. The van der Waals surface area contributed by atoms with Crippen LogP contribution in [0, 0.1) is 0 Å². The van der Waals surface area contributed by atoms with Crippen LogP contribution in [0.1, 0.15) is 5.56 Å². The van der Waals surface area contributed by atoms with Crippen molar-refractivity contribution in [2.45, 2.75) is 12.2 Å². The Labute approximate surface area is 118 Å². The van der Waals surface area contributed by atoms with E-state index in [1.54, 1.807) is 0 Å². The van der Waals surface area contributed by atoms with Gasteiger partial charge in [-0.3, -0.25) is 0 Å². The number of phenols is 1. The third kappa shape index (κ3) is 4.96. The lowest BCUT2D eigenvalue weighted by atomic mass is 10.2. The number of aliphatic hydroxyl groups is 1. The van der Waals surface area contributed by atoms with Gasteiger partial charge in [-0.05, 0) is 23.8 Å². The second-order valence-corrected chi connectivity index (χ2v) is 3.90. The SMILES string of the molecule is O=C(/C=C\c1ccc(O)cc1)O[C@H](C(=O)O)[C@H](O)C(=O)O. The fourth-order valence-electron chi connectivity index (χ4n) is 1.29. The highest BCUT2D eigenvalue weighted by atomic mass is 16.6. The summed E-state index contributed by atoms with van der Waals surface area (Å²) in [6.45, 7) is 0. The van der Waals surface area contributed by atoms with E-state index in [1.165, 1.54) is 30.3 Å². The summed E-state index contributed by atoms with van der Waals surface area (Å²) >= 11 is 0. The minimum atomic E-state index is -2.37. The largest absolute Gasteiger partial charge is 0.508 e. The van der Waals surface area contributed by atoms with Gasteiger partial charge in [0.2, 0.25) is 6.10 Å². The second kappa shape index (κ2) is 7.06. The molecule has 0 aliphatic heterocycles. The number of aliphatic carboxylic acids is 2. The van der Waals surface area contributed by atoms with Crippen molar-refractivity contribution >= 4 is 24.0 Å². The molecule has 0 fully saturated rings. The molecule has 0 saturated carbocycles. The quantitative estimate of drug-likeness (QED) is 0.419. The van der Waals surface area contributed by atoms with Gasteiger partial charge in [-0.15, -0.1) is 0 Å². The average Bonchev–Trinajstić information content (AvgIpc) is 2.43. The third-order valence-electron chi connectivity index (χ3n) is 2.33. The van der Waals surface area contributed by atoms with Crippen LogP contribution in [-0.2, 0) is 19.1 Å². The van der Waals surface area contributed by atoms with Crippen molar-refractivity contribution in [2.24, 2.45) is 0 Å². The van der Waals surface area contributed by atoms with Crippen LogP contribution >= 0.6 is 0 Å². The normalized spacial score (nSPS) is 13.6. The van der Waals surface area contributed by atoms with E-state index in [0.717, 1.165) is 6.08 Å². The van der Waals surface area contributed by atoms with Crippen LogP contribution in [0.4, 0.5) is 0 Å². The van der Waals surface area contributed by atoms with Gasteiger partial charge in [0.15, 0.2) is 6.10 Å². The molecule has 0 amide bonds. The van der Waals surface area contributed by atoms with Gasteiger partial charge in [0.25, 0.3) is 0 Å². The highest BCUT2D eigenvalue weighted by molar-refractivity contribution is 5.91. The lowest BCUT2D eigenvalue weighted by Crippen LogP contribution is -2.42. The highest BCUT2D eigenvalue weighted by Gasteiger charge is 2.35. The summed E-state index contributed by atoms with van der Waals surface area (Å²) in [6.07, 6.45) is -2.43. The van der Waals surface area contributed by atoms with Crippen LogP contribution in [0.3, 0.4) is 0 Å². The molecule has 0 spiro atoms. The minimum absolute atomic E-state index is 0.0326. The van der Waals surface area contributed by atoms with Gasteiger partial charge >= 0.3 is 17.9 Å². The Balaban J connectivity index is 2.72. The first-order valence-electron chi connectivity index (χ1n) is 5.62. The molecule has 4 N–H and O–H groups in total. The van der Waals surface area contributed by atoms with Gasteiger partial charge in [0, 0.05) is 6.08 Å². The summed E-state index contributed by atoms with van der Waals surface area (Å²) in [5, 5.41) is 35.4. The molecule has 2 atom stereocenters. The number of aliphatic hydroxyl groups excluding tert-OH is 1. The van der Waals surface area contributed by atoms with Crippen LogP contribution in [0.15, 0.2) is 30.3 Å². The van der Waals surface area contributed by atoms with E-state index in [4.69, 9.17) is 20.4 Å². The highest BCUT2D eigenvalue weighted by Crippen LogP contribution is 2.11. The van der Waals surface area contributed by atoms with Gasteiger partial charge in [-0.2, -0.15) is 0 Å². The molecule has 0 radical (unpaired) electrons. The predicted molar refractivity (Wildman–Crippen MR) is 68.3 cm³/mol. The molecule has 0 heterocycles. The first kappa shape index (κ1) is 16.2. The Morgan fingerprint density at radius 3 is 2.10 bits per heavy atom. The fraction of sp³-hybridized carbons (Fsp3) is 0.154. The van der Waals surface area contributed by atoms with Crippen molar-refractivity contribution in [3.8, 4) is 5.75 Å². The van der Waals surface area contributed by atoms with E-state index >= 15 is 0 Å². The van der Waals surface area contributed by atoms with Crippen LogP contribution in [0.2, 0.25) is 0 Å². The molecule has 0 aliphatic rings. The van der Waals surface area contributed by atoms with E-state index in [1.807, 2.05) is 0 Å². The second-order valence-electron chi connectivity index (χ2n) is 3.90. The summed E-state index contributed by atoms with van der Waals surface area (Å²) in [5.41, 5.74) is 0.524. The van der Waals surface area contributed by atoms with Crippen LogP contribution in [-0.4, -0.2) is 50.5 Å². The Kier molecular flexibility index (Phi) is 5.44. The molecular weight excluding hydrogens is 284 g/mol. The Morgan fingerprint density at radius 2 is 1.62 bits per heavy atom. The number of benzene rings is 1. The number of carboxylic acids is 2. The average molecular weight is 296 g/mol. The van der Waals surface area contributed by atoms with Crippen LogP contribution < -0.4 is 0 Å². The number of hydrogen-bond donors (Lipinski definition) is 4. The maximum atomic E-state index is 11.4. The van der Waals surface area contributed by atoms with Gasteiger partial charge in [-0.1, -0.05) is 12.1 Å². The zero-order chi connectivity index (χ0) is 16.0. The van der Waals surface area contributed by atoms with E-state index in [-0.39, 0.29) is 5.75 Å². The molecule has 8 heteroatoms. The topological polar surface area (TPSA) is 141 Å². The molecule has 0 aliphatic carbocycles. The number of ether oxygens (including phenoxy) is 1. The van der Waals surface area contributed by atoms with E-state index < -0.39 is 30.1 Å². The molecule has 0 bridgehead atoms. The molecule has 21 heavy (non-hydrogen) atoms. The standard InChI is InChI=1S/C13H12O8/c14-8-4-1-7(2-5-8)3-6-9(15)21-11(13(19)20)10(16)12(17)18/h1-6,10-11,14,16H,(H,17,18)(H,19,20)/b6-3-/t10-,11-/m0/s1. The smallest absolute Gasteiger partial charge is 0.348 e. The number of hydrogen-bond acceptors (Lipinski definition) is 6. The van der Waals surface area contributed by atoms with Crippen molar-refractivity contribution in [3.05, 3.63) is 35.9 Å². The molecule has 8 nitrogen and oxygen atoms in total. The fourth-order valence-corrected chi connectivity index (χ4v) is 1.29. The number of phenolic OH excluding ortho intramolecular Hbond substituents is 1. The predicted octanol–water partition coefficient (Wildman–Crippen LogP) is -0.153. The summed E-state index contributed by atoms with van der Waals surface area (Å²) in [4.78, 5) is 32.6. The zero-order valence-corrected chi connectivity index (χ0v) is 10.5. The van der Waals surface area contributed by atoms with Crippen molar-refractivity contribution < 1.29 is 39.5 Å². The van der Waals surface area contributed by atoms with Gasteiger partial charge in [0.1, 0.15) is 5.75 Å². The maximum Gasteiger partial charge on any atom is 0.348 e. The van der Waals surface area contributed by atoms with Gasteiger partial charge in [-0.25, -0.2) is 14.4 Å². The molecule has 0 aromatic heterocycles. The summed E-state index contributed by atoms with van der Waals surface area (Å²) in [6, 6.07) is 5.72. The molecule has 1 aromatic carbocycles. The third-order valence-corrected chi connectivity index (χ3v) is 2.33. The van der Waals surface area contributed by atoms with E-state index in [9.17, 15) is 14.4 Å². The lowest BCUT2D eigenvalue weighted by Gasteiger charge is -2.15. The van der Waals surface area contributed by atoms with Crippen LogP contribution in [0.25, 0.3) is 6.08 Å². The van der Waals surface area contributed by atoms with Crippen molar-refractivity contribution in [1.29, 1.82) is 0 Å². The first-order valence-corrected chi connectivity index (χ1v) is 5.62. The molecular formula is C13H12O8. The van der Waals surface area contributed by atoms with Crippen molar-refractivity contribution in [1.82, 2.24) is 0 Å². The lowest BCUT2D eigenvalue weighted by molar-refractivity contribution is -0.176. The Morgan fingerprint density at radius 1 is 1.05 bits per heavy atom. The van der Waals surface area contributed by atoms with E-state index in [2.05, 4.69) is 4.74 Å². The minimum Gasteiger partial charge on any atom is -0.508 e. The van der Waals surface area contributed by atoms with Crippen LogP contribution in [0.5, 0.6) is 5.75 Å². The van der Waals surface area contributed by atoms with Gasteiger partial charge in [0.05, 0.1) is 0 Å². The maximum absolute atomic E-state index is 11.4. The van der Waals surface area contributed by atoms with Crippen molar-refractivity contribution in [3.63, 3.8) is 0 Å². The summed E-state index contributed by atoms with van der Waals surface area (Å²) in [7, 11) is 0. The number of rotatable bonds is 6. The van der Waals surface area contributed by atoms with Crippen molar-refractivity contribution in [2.75, 3.05) is 0 Å². The zero-order valence-electron chi connectivity index (χ0n) is 10.5. The summed E-state index contributed by atoms with van der Waals surface area (Å²) < 4.78 is 4.37. The molecule has 1 aromatic rings.